The van der Waals surface area contributed by atoms with E-state index in [9.17, 15) is 18.0 Å². The fourth-order valence-electron chi connectivity index (χ4n) is 3.76. The topological polar surface area (TPSA) is 101 Å². The number of pyridine rings is 1. The van der Waals surface area contributed by atoms with Gasteiger partial charge in [-0.25, -0.2) is 0 Å². The monoisotopic (exact) mass is 615 g/mol. The molecule has 0 aromatic carbocycles. The molecule has 0 saturated heterocycles. The van der Waals surface area contributed by atoms with Crippen LogP contribution in [0.25, 0.3) is 5.70 Å². The highest BCUT2D eigenvalue weighted by Gasteiger charge is 2.32. The molecule has 1 saturated carbocycles. The first-order valence-electron chi connectivity index (χ1n) is 14.9. The second kappa shape index (κ2) is 20.8. The van der Waals surface area contributed by atoms with Gasteiger partial charge in [-0.3, -0.25) is 9.78 Å². The van der Waals surface area contributed by atoms with Gasteiger partial charge in [0, 0.05) is 48.0 Å². The molecule has 5 N–H and O–H groups in total. The number of rotatable bonds is 14. The Labute approximate surface area is 260 Å². The molecule has 1 fully saturated rings. The van der Waals surface area contributed by atoms with E-state index in [1.54, 1.807) is 12.4 Å². The number of allylic oxidation sites excluding steroid dienone is 7. The number of carbonyl (C=O) groups is 1. The Morgan fingerprint density at radius 2 is 1.98 bits per heavy atom. The summed E-state index contributed by atoms with van der Waals surface area (Å²) in [6.07, 6.45) is 14.4. The minimum absolute atomic E-state index is 0.0794. The van der Waals surface area contributed by atoms with Crippen molar-refractivity contribution in [2.75, 3.05) is 20.2 Å². The first-order chi connectivity index (χ1) is 21.1. The molecular formula is C34H48F3N5O2. The Morgan fingerprint density at radius 3 is 2.55 bits per heavy atom. The molecule has 0 atom stereocenters. The first kappa shape index (κ1) is 38.0. The number of methoxy groups -OCH3 is 1. The lowest BCUT2D eigenvalue weighted by molar-refractivity contribution is -0.109. The molecule has 0 aliphatic heterocycles. The number of nitrogens with one attached hydrogen (secondary N) is 3. The predicted octanol–water partition coefficient (Wildman–Crippen LogP) is 6.97. The number of carbonyl (C=O) groups excluding carboxylic acids is 1. The van der Waals surface area contributed by atoms with Gasteiger partial charge in [0.25, 0.3) is 0 Å². The van der Waals surface area contributed by atoms with Crippen molar-refractivity contribution in [2.24, 2.45) is 5.73 Å². The first-order valence-corrected chi connectivity index (χ1v) is 14.9. The Bertz CT molecular complexity index is 1230. The lowest BCUT2D eigenvalue weighted by Crippen LogP contribution is -2.19. The molecule has 1 aromatic rings. The minimum atomic E-state index is -4.47. The summed E-state index contributed by atoms with van der Waals surface area (Å²) in [6.45, 7) is 12.2. The Balaban J connectivity index is 0.000000418. The largest absolute Gasteiger partial charge is 0.497 e. The average Bonchev–Trinajstić information content (AvgIpc) is 3.88. The van der Waals surface area contributed by atoms with Gasteiger partial charge in [-0.1, -0.05) is 57.2 Å². The van der Waals surface area contributed by atoms with Gasteiger partial charge in [-0.15, -0.1) is 0 Å². The van der Waals surface area contributed by atoms with Crippen molar-refractivity contribution in [1.82, 2.24) is 20.9 Å². The summed E-state index contributed by atoms with van der Waals surface area (Å²) in [5.74, 6) is 0.0839. The highest BCUT2D eigenvalue weighted by Crippen LogP contribution is 2.29. The molecule has 1 aromatic heterocycles. The van der Waals surface area contributed by atoms with Gasteiger partial charge in [0.2, 0.25) is 6.41 Å². The van der Waals surface area contributed by atoms with Crippen LogP contribution in [0.2, 0.25) is 0 Å². The molecule has 0 radical (unpaired) electrons. The molecule has 2 aliphatic carbocycles. The summed E-state index contributed by atoms with van der Waals surface area (Å²) in [6, 6.07) is 4.28. The van der Waals surface area contributed by atoms with E-state index in [2.05, 4.69) is 59.6 Å². The summed E-state index contributed by atoms with van der Waals surface area (Å²) in [5, 5.41) is 8.76. The van der Waals surface area contributed by atoms with Gasteiger partial charge < -0.3 is 26.4 Å². The maximum atomic E-state index is 13.1. The second-order valence-electron chi connectivity index (χ2n) is 9.81. The van der Waals surface area contributed by atoms with Crippen molar-refractivity contribution >= 4 is 12.1 Å². The van der Waals surface area contributed by atoms with Crippen LogP contribution in [0.15, 0.2) is 101 Å². The zero-order chi connectivity index (χ0) is 33.0. The molecule has 0 bridgehead atoms. The van der Waals surface area contributed by atoms with E-state index in [4.69, 9.17) is 10.5 Å². The smallest absolute Gasteiger partial charge is 0.416 e. The van der Waals surface area contributed by atoms with Crippen molar-refractivity contribution in [3.8, 4) is 0 Å². The van der Waals surface area contributed by atoms with Gasteiger partial charge in [-0.05, 0) is 69.4 Å². The van der Waals surface area contributed by atoms with Gasteiger partial charge in [0.05, 0.1) is 18.4 Å². The van der Waals surface area contributed by atoms with E-state index in [0.29, 0.717) is 24.7 Å². The summed E-state index contributed by atoms with van der Waals surface area (Å²) in [7, 11) is 1.31. The van der Waals surface area contributed by atoms with Crippen LogP contribution in [0.1, 0.15) is 65.4 Å². The van der Waals surface area contributed by atoms with E-state index in [0.717, 1.165) is 49.1 Å². The molecule has 1 amide bonds. The number of ether oxygens (including phenoxy) is 1. The Morgan fingerprint density at radius 1 is 1.25 bits per heavy atom. The second-order valence-corrected chi connectivity index (χ2v) is 9.81. The number of alkyl halides is 3. The number of hydrogen-bond acceptors (Lipinski definition) is 6. The zero-order valence-electron chi connectivity index (χ0n) is 26.6. The van der Waals surface area contributed by atoms with E-state index < -0.39 is 11.7 Å². The van der Waals surface area contributed by atoms with Crippen LogP contribution in [0.3, 0.4) is 0 Å². The number of amides is 1. The Kier molecular flexibility index (Phi) is 17.9. The van der Waals surface area contributed by atoms with Crippen molar-refractivity contribution < 1.29 is 22.7 Å². The summed E-state index contributed by atoms with van der Waals surface area (Å²) >= 11 is 0. The minimum Gasteiger partial charge on any atom is -0.497 e. The van der Waals surface area contributed by atoms with Gasteiger partial charge in [-0.2, -0.15) is 13.2 Å². The van der Waals surface area contributed by atoms with Crippen LogP contribution in [0.5, 0.6) is 0 Å². The zero-order valence-corrected chi connectivity index (χ0v) is 26.6. The molecule has 10 heteroatoms. The number of aromatic nitrogens is 1. The fourth-order valence-corrected chi connectivity index (χ4v) is 3.76. The van der Waals surface area contributed by atoms with E-state index in [1.165, 1.54) is 18.3 Å². The third-order valence-corrected chi connectivity index (χ3v) is 6.55. The predicted molar refractivity (Wildman–Crippen MR) is 174 cm³/mol. The average molecular weight is 616 g/mol. The van der Waals surface area contributed by atoms with Gasteiger partial charge >= 0.3 is 6.18 Å². The number of halogens is 3. The molecule has 7 nitrogen and oxygen atoms in total. The molecule has 3 rings (SSSR count). The Hall–Kier alpha value is -4.05. The van der Waals surface area contributed by atoms with E-state index in [-0.39, 0.29) is 24.3 Å². The lowest BCUT2D eigenvalue weighted by Gasteiger charge is -2.13. The fraction of sp³-hybridized carbons (Fsp3) is 0.412. The number of nitrogens with two attached hydrogens (primary N) is 1. The molecule has 0 unspecified atom stereocenters. The summed E-state index contributed by atoms with van der Waals surface area (Å²) < 4.78 is 44.1. The third kappa shape index (κ3) is 14.9. The van der Waals surface area contributed by atoms with Crippen molar-refractivity contribution in [3.63, 3.8) is 0 Å². The molecule has 1 heterocycles. The molecular weight excluding hydrogens is 567 g/mol. The maximum Gasteiger partial charge on any atom is 0.416 e. The van der Waals surface area contributed by atoms with Crippen LogP contribution in [-0.4, -0.2) is 43.8 Å². The van der Waals surface area contributed by atoms with Gasteiger partial charge in [0.15, 0.2) is 0 Å². The number of hydrogen-bond donors (Lipinski definition) is 4. The van der Waals surface area contributed by atoms with Crippen LogP contribution in [-0.2, 0) is 9.53 Å². The van der Waals surface area contributed by atoms with Crippen LogP contribution >= 0.6 is 0 Å². The standard InChI is InChI=1S/C17H21N3.C15H21F3N2O2.C2H6/c1-3-14-7-6-13(2)17(9-8-14)20-12-16(18)15-5-4-10-19-11-15;1-11(22-2)12(9-19-10-21)8-13(15(16,17)18)4-3-7-20-14-5-6-14;1-2/h4-7,9-12,20H,3,8,18H2,1-2H3;4,8,10,14,20H,1,3,5-7,9H2,2H3,(H,19,21);1-2H3/b16-12-;12-8-,13-4+;. The molecule has 44 heavy (non-hydrogen) atoms. The van der Waals surface area contributed by atoms with E-state index in [1.807, 2.05) is 32.2 Å². The number of nitrogens with zero attached hydrogens (tertiary/aromatic N) is 1. The molecule has 2 aliphatic rings. The normalized spacial score (nSPS) is 15.5. The maximum absolute atomic E-state index is 13.1. The quantitative estimate of drug-likeness (QED) is 0.0780. The van der Waals surface area contributed by atoms with Gasteiger partial charge in [0.1, 0.15) is 5.76 Å². The summed E-state index contributed by atoms with van der Waals surface area (Å²) in [4.78, 5) is 14.4. The van der Waals surface area contributed by atoms with Crippen LogP contribution < -0.4 is 21.7 Å². The van der Waals surface area contributed by atoms with Crippen molar-refractivity contribution in [1.29, 1.82) is 0 Å². The summed E-state index contributed by atoms with van der Waals surface area (Å²) in [5.41, 5.74) is 10.8. The lowest BCUT2D eigenvalue weighted by atomic mass is 10.1. The highest BCUT2D eigenvalue weighted by atomic mass is 19.4. The van der Waals surface area contributed by atoms with E-state index >= 15 is 0 Å². The SMILES string of the molecule is C=C(OC)/C(=C\C(=C/CCNC1CC1)C(F)(F)F)CNC=O.CC.CCC1=CC=C(C)C(N/C=C(\N)c2cccnc2)=CC1. The third-order valence-electron chi connectivity index (χ3n) is 6.55. The molecule has 242 valence electrons. The highest BCUT2D eigenvalue weighted by molar-refractivity contribution is 5.61. The van der Waals surface area contributed by atoms with Crippen molar-refractivity contribution in [3.05, 3.63) is 107 Å². The van der Waals surface area contributed by atoms with Crippen LogP contribution in [0.4, 0.5) is 13.2 Å². The van der Waals surface area contributed by atoms with Crippen molar-refractivity contribution in [2.45, 2.75) is 72.0 Å². The molecule has 0 spiro atoms. The van der Waals surface area contributed by atoms with Crippen LogP contribution in [0, 0.1) is 0 Å².